The summed E-state index contributed by atoms with van der Waals surface area (Å²) in [7, 11) is 1.63. The fourth-order valence-electron chi connectivity index (χ4n) is 2.26. The van der Waals surface area contributed by atoms with Crippen molar-refractivity contribution in [2.75, 3.05) is 13.7 Å². The molecule has 0 saturated carbocycles. The Hall–Kier alpha value is -1.52. The molecule has 0 heterocycles. The number of hydrogen-bond donors (Lipinski definition) is 1. The minimum absolute atomic E-state index is 0.473. The van der Waals surface area contributed by atoms with Crippen molar-refractivity contribution >= 4 is 15.9 Å². The minimum atomic E-state index is -0.652. The smallest absolute Gasteiger partial charge is 0.125 e. The quantitative estimate of drug-likeness (QED) is 0.850. The lowest BCUT2D eigenvalue weighted by atomic mass is 10.00. The molecule has 0 radical (unpaired) electrons. The standard InChI is InChI=1S/C17H19BrO3/c1-3-21-17-9-8-13(18)11-14(17)15(19)10-12-6-4-5-7-16(12)20-2/h4-9,11,15,19H,3,10H2,1-2H3. The number of aliphatic hydroxyl groups is 1. The molecule has 0 fully saturated rings. The molecule has 0 amide bonds. The summed E-state index contributed by atoms with van der Waals surface area (Å²) >= 11 is 3.44. The molecule has 0 aliphatic rings. The maximum Gasteiger partial charge on any atom is 0.125 e. The summed E-state index contributed by atoms with van der Waals surface area (Å²) in [6, 6.07) is 13.4. The van der Waals surface area contributed by atoms with Crippen molar-refractivity contribution in [1.29, 1.82) is 0 Å². The number of aliphatic hydroxyl groups excluding tert-OH is 1. The summed E-state index contributed by atoms with van der Waals surface area (Å²) in [6.07, 6.45) is -0.180. The van der Waals surface area contributed by atoms with E-state index in [-0.39, 0.29) is 0 Å². The van der Waals surface area contributed by atoms with Crippen LogP contribution in [0, 0.1) is 0 Å². The van der Waals surface area contributed by atoms with E-state index in [1.807, 2.05) is 49.4 Å². The van der Waals surface area contributed by atoms with Gasteiger partial charge in [0.25, 0.3) is 0 Å². The second-order valence-electron chi connectivity index (χ2n) is 4.65. The van der Waals surface area contributed by atoms with Crippen LogP contribution in [-0.4, -0.2) is 18.8 Å². The van der Waals surface area contributed by atoms with Gasteiger partial charge in [0.05, 0.1) is 19.8 Å². The van der Waals surface area contributed by atoms with E-state index >= 15 is 0 Å². The summed E-state index contributed by atoms with van der Waals surface area (Å²) in [5.74, 6) is 1.49. The molecule has 1 N–H and O–H groups in total. The topological polar surface area (TPSA) is 38.7 Å². The van der Waals surface area contributed by atoms with E-state index < -0.39 is 6.10 Å². The van der Waals surface area contributed by atoms with Gasteiger partial charge >= 0.3 is 0 Å². The van der Waals surface area contributed by atoms with Crippen molar-refractivity contribution in [2.24, 2.45) is 0 Å². The monoisotopic (exact) mass is 350 g/mol. The average molecular weight is 351 g/mol. The highest BCUT2D eigenvalue weighted by Gasteiger charge is 2.16. The predicted molar refractivity (Wildman–Crippen MR) is 87.0 cm³/mol. The SMILES string of the molecule is CCOc1ccc(Br)cc1C(O)Cc1ccccc1OC. The summed E-state index contributed by atoms with van der Waals surface area (Å²) in [5.41, 5.74) is 1.74. The van der Waals surface area contributed by atoms with Gasteiger partial charge in [-0.15, -0.1) is 0 Å². The summed E-state index contributed by atoms with van der Waals surface area (Å²) in [6.45, 7) is 2.49. The Kier molecular flexibility index (Phi) is 5.65. The highest BCUT2D eigenvalue weighted by molar-refractivity contribution is 9.10. The van der Waals surface area contributed by atoms with Crippen LogP contribution in [0.2, 0.25) is 0 Å². The highest BCUT2D eigenvalue weighted by atomic mass is 79.9. The molecular formula is C17H19BrO3. The maximum atomic E-state index is 10.6. The van der Waals surface area contributed by atoms with Gasteiger partial charge in [-0.05, 0) is 36.8 Å². The molecule has 2 rings (SSSR count). The molecule has 0 spiro atoms. The van der Waals surface area contributed by atoms with Crippen LogP contribution in [0.5, 0.6) is 11.5 Å². The molecule has 0 aliphatic carbocycles. The van der Waals surface area contributed by atoms with E-state index in [4.69, 9.17) is 9.47 Å². The fourth-order valence-corrected chi connectivity index (χ4v) is 2.64. The third kappa shape index (κ3) is 3.99. The Morgan fingerprint density at radius 3 is 2.62 bits per heavy atom. The van der Waals surface area contributed by atoms with Gasteiger partial charge in [0.15, 0.2) is 0 Å². The van der Waals surface area contributed by atoms with Gasteiger partial charge in [-0.2, -0.15) is 0 Å². The van der Waals surface area contributed by atoms with Crippen LogP contribution in [0.1, 0.15) is 24.2 Å². The lowest BCUT2D eigenvalue weighted by Gasteiger charge is -2.17. The minimum Gasteiger partial charge on any atom is -0.496 e. The Labute approximate surface area is 133 Å². The number of para-hydroxylation sites is 1. The molecule has 112 valence electrons. The van der Waals surface area contributed by atoms with Crippen molar-refractivity contribution in [3.8, 4) is 11.5 Å². The zero-order chi connectivity index (χ0) is 15.2. The third-order valence-corrected chi connectivity index (χ3v) is 3.73. The van der Waals surface area contributed by atoms with Gasteiger partial charge in [0, 0.05) is 16.5 Å². The Balaban J connectivity index is 2.27. The van der Waals surface area contributed by atoms with Gasteiger partial charge in [-0.1, -0.05) is 34.1 Å². The average Bonchev–Trinajstić information content (AvgIpc) is 2.49. The first-order chi connectivity index (χ1) is 10.2. The predicted octanol–water partition coefficient (Wildman–Crippen LogP) is 4.13. The molecule has 1 unspecified atom stereocenters. The molecule has 2 aromatic rings. The summed E-state index contributed by atoms with van der Waals surface area (Å²) in [5, 5.41) is 10.6. The summed E-state index contributed by atoms with van der Waals surface area (Å²) in [4.78, 5) is 0. The number of benzene rings is 2. The van der Waals surface area contributed by atoms with E-state index in [1.54, 1.807) is 7.11 Å². The van der Waals surface area contributed by atoms with Crippen LogP contribution in [0.3, 0.4) is 0 Å². The lowest BCUT2D eigenvalue weighted by molar-refractivity contribution is 0.171. The zero-order valence-electron chi connectivity index (χ0n) is 12.2. The first-order valence-electron chi connectivity index (χ1n) is 6.88. The maximum absolute atomic E-state index is 10.6. The fraction of sp³-hybridized carbons (Fsp3) is 0.294. The van der Waals surface area contributed by atoms with Crippen LogP contribution >= 0.6 is 15.9 Å². The molecule has 3 nitrogen and oxygen atoms in total. The molecule has 2 aromatic carbocycles. The molecule has 0 aliphatic heterocycles. The lowest BCUT2D eigenvalue weighted by Crippen LogP contribution is -2.06. The van der Waals surface area contributed by atoms with E-state index in [9.17, 15) is 5.11 Å². The molecule has 0 saturated heterocycles. The van der Waals surface area contributed by atoms with Gasteiger partial charge in [0.1, 0.15) is 11.5 Å². The Morgan fingerprint density at radius 1 is 1.14 bits per heavy atom. The van der Waals surface area contributed by atoms with E-state index in [2.05, 4.69) is 15.9 Å². The number of methoxy groups -OCH3 is 1. The van der Waals surface area contributed by atoms with Crippen molar-refractivity contribution in [2.45, 2.75) is 19.4 Å². The zero-order valence-corrected chi connectivity index (χ0v) is 13.8. The molecular weight excluding hydrogens is 332 g/mol. The van der Waals surface area contributed by atoms with Gasteiger partial charge in [0.2, 0.25) is 0 Å². The molecule has 0 aromatic heterocycles. The van der Waals surface area contributed by atoms with Crippen molar-refractivity contribution in [1.82, 2.24) is 0 Å². The van der Waals surface area contributed by atoms with Crippen LogP contribution < -0.4 is 9.47 Å². The number of halogens is 1. The van der Waals surface area contributed by atoms with Crippen molar-refractivity contribution in [3.05, 3.63) is 58.1 Å². The van der Waals surface area contributed by atoms with Crippen LogP contribution in [0.25, 0.3) is 0 Å². The van der Waals surface area contributed by atoms with Crippen LogP contribution in [0.4, 0.5) is 0 Å². The number of ether oxygens (including phenoxy) is 2. The first kappa shape index (κ1) is 15.9. The Morgan fingerprint density at radius 2 is 1.90 bits per heavy atom. The van der Waals surface area contributed by atoms with E-state index in [0.717, 1.165) is 21.3 Å². The van der Waals surface area contributed by atoms with E-state index in [0.29, 0.717) is 18.8 Å². The van der Waals surface area contributed by atoms with Crippen molar-refractivity contribution < 1.29 is 14.6 Å². The second kappa shape index (κ2) is 7.48. The normalized spacial score (nSPS) is 12.0. The molecule has 4 heteroatoms. The Bertz CT molecular complexity index is 598. The molecule has 1 atom stereocenters. The number of rotatable bonds is 6. The van der Waals surface area contributed by atoms with E-state index in [1.165, 1.54) is 0 Å². The van der Waals surface area contributed by atoms with Crippen LogP contribution in [-0.2, 0) is 6.42 Å². The van der Waals surface area contributed by atoms with Gasteiger partial charge in [-0.25, -0.2) is 0 Å². The number of hydrogen-bond acceptors (Lipinski definition) is 3. The largest absolute Gasteiger partial charge is 0.496 e. The van der Waals surface area contributed by atoms with Gasteiger partial charge < -0.3 is 14.6 Å². The second-order valence-corrected chi connectivity index (χ2v) is 5.56. The first-order valence-corrected chi connectivity index (χ1v) is 7.67. The van der Waals surface area contributed by atoms with Crippen LogP contribution in [0.15, 0.2) is 46.9 Å². The highest BCUT2D eigenvalue weighted by Crippen LogP contribution is 2.32. The summed E-state index contributed by atoms with van der Waals surface area (Å²) < 4.78 is 11.8. The molecule has 21 heavy (non-hydrogen) atoms. The van der Waals surface area contributed by atoms with Crippen molar-refractivity contribution in [3.63, 3.8) is 0 Å². The third-order valence-electron chi connectivity index (χ3n) is 3.24. The molecule has 0 bridgehead atoms. The van der Waals surface area contributed by atoms with Gasteiger partial charge in [-0.3, -0.25) is 0 Å².